The van der Waals surface area contributed by atoms with Crippen LogP contribution in [0, 0.1) is 0 Å². The molecule has 3 heteroatoms. The van der Waals surface area contributed by atoms with Gasteiger partial charge in [0.2, 0.25) is 0 Å². The highest BCUT2D eigenvalue weighted by atomic mass is 32.2. The molecule has 1 unspecified atom stereocenters. The maximum absolute atomic E-state index is 9.72. The number of hydrogen-bond donors (Lipinski definition) is 1. The Labute approximate surface area is 88.9 Å². The van der Waals surface area contributed by atoms with Gasteiger partial charge in [0.15, 0.2) is 0 Å². The number of thioether (sulfide) groups is 1. The number of hydrogen-bond acceptors (Lipinski definition) is 3. The molecule has 2 nitrogen and oxygen atoms in total. The lowest BCUT2D eigenvalue weighted by Crippen LogP contribution is -2.09. The number of nitrogens with zero attached hydrogens (tertiary/aromatic N) is 1. The third-order valence-electron chi connectivity index (χ3n) is 2.25. The molecule has 0 spiro atoms. The topological polar surface area (TPSA) is 23.2 Å². The first-order chi connectivity index (χ1) is 6.84. The van der Waals surface area contributed by atoms with Gasteiger partial charge >= 0.3 is 0 Å². The Morgan fingerprint density at radius 1 is 1.29 bits per heavy atom. The predicted octanol–water partition coefficient (Wildman–Crippen LogP) is 1.80. The summed E-state index contributed by atoms with van der Waals surface area (Å²) in [6.07, 6.45) is 0.861. The predicted molar refractivity (Wildman–Crippen MR) is 59.4 cm³/mol. The first-order valence-corrected chi connectivity index (χ1v) is 5.85. The Kier molecular flexibility index (Phi) is 3.45. The van der Waals surface area contributed by atoms with E-state index in [0.29, 0.717) is 0 Å². The van der Waals surface area contributed by atoms with E-state index < -0.39 is 0 Å². The molecule has 1 heterocycles. The minimum absolute atomic E-state index is 0.266. The van der Waals surface area contributed by atoms with Crippen LogP contribution < -0.4 is 0 Å². The molecule has 14 heavy (non-hydrogen) atoms. The Balaban J connectivity index is 1.73. The van der Waals surface area contributed by atoms with Crippen LogP contribution in [0.1, 0.15) is 6.42 Å². The highest BCUT2D eigenvalue weighted by molar-refractivity contribution is 7.99. The van der Waals surface area contributed by atoms with Crippen LogP contribution in [0.25, 0.3) is 0 Å². The van der Waals surface area contributed by atoms with Crippen LogP contribution in [0.2, 0.25) is 0 Å². The van der Waals surface area contributed by atoms with Gasteiger partial charge in [0.05, 0.1) is 0 Å². The zero-order valence-electron chi connectivity index (χ0n) is 8.10. The van der Waals surface area contributed by atoms with Gasteiger partial charge < -0.3 is 10.0 Å². The maximum Gasteiger partial charge on any atom is 0.105 e. The van der Waals surface area contributed by atoms with Gasteiger partial charge in [-0.2, -0.15) is 0 Å². The first-order valence-electron chi connectivity index (χ1n) is 4.97. The summed E-state index contributed by atoms with van der Waals surface area (Å²) in [4.78, 5) is 3.47. The average molecular weight is 209 g/mol. The normalized spacial score (nSPS) is 18.1. The molecule has 0 bridgehead atoms. The standard InChI is InChI=1S/C11H15NOS/c13-11(6-7-12-8-9-12)14-10-4-2-1-3-5-10/h1-5,11,13H,6-9H2. The summed E-state index contributed by atoms with van der Waals surface area (Å²) in [5, 5.41) is 9.72. The third-order valence-corrected chi connectivity index (χ3v) is 3.30. The lowest BCUT2D eigenvalue weighted by molar-refractivity contribution is 0.243. The van der Waals surface area contributed by atoms with E-state index in [4.69, 9.17) is 0 Å². The van der Waals surface area contributed by atoms with Crippen LogP contribution in [0.3, 0.4) is 0 Å². The van der Waals surface area contributed by atoms with Gasteiger partial charge in [0.1, 0.15) is 5.44 Å². The largest absolute Gasteiger partial charge is 0.382 e. The lowest BCUT2D eigenvalue weighted by atomic mass is 10.4. The van der Waals surface area contributed by atoms with Gasteiger partial charge in [-0.05, 0) is 18.6 Å². The Morgan fingerprint density at radius 3 is 2.64 bits per heavy atom. The fraction of sp³-hybridized carbons (Fsp3) is 0.455. The van der Waals surface area contributed by atoms with E-state index in [1.54, 1.807) is 11.8 Å². The molecule has 2 rings (SSSR count). The first kappa shape index (κ1) is 10.0. The molecule has 1 fully saturated rings. The van der Waals surface area contributed by atoms with E-state index in [-0.39, 0.29) is 5.44 Å². The summed E-state index contributed by atoms with van der Waals surface area (Å²) in [6, 6.07) is 10.1. The summed E-state index contributed by atoms with van der Waals surface area (Å²) < 4.78 is 0. The SMILES string of the molecule is OC(CCN1CC1)Sc1ccccc1. The molecule has 0 aliphatic carbocycles. The van der Waals surface area contributed by atoms with Crippen molar-refractivity contribution in [2.75, 3.05) is 19.6 Å². The summed E-state index contributed by atoms with van der Waals surface area (Å²) >= 11 is 1.54. The zero-order chi connectivity index (χ0) is 9.80. The molecule has 1 saturated heterocycles. The number of aliphatic hydroxyl groups excluding tert-OH is 1. The molecule has 1 aromatic rings. The smallest absolute Gasteiger partial charge is 0.105 e. The molecule has 1 atom stereocenters. The summed E-state index contributed by atoms with van der Waals surface area (Å²) in [6.45, 7) is 3.45. The van der Waals surface area contributed by atoms with Crippen LogP contribution in [0.5, 0.6) is 0 Å². The van der Waals surface area contributed by atoms with Gasteiger partial charge in [-0.25, -0.2) is 0 Å². The van der Waals surface area contributed by atoms with Gasteiger partial charge in [-0.1, -0.05) is 30.0 Å². The van der Waals surface area contributed by atoms with Crippen molar-refractivity contribution in [3.63, 3.8) is 0 Å². The van der Waals surface area contributed by atoms with Gasteiger partial charge in [-0.3, -0.25) is 0 Å². The molecule has 1 aliphatic heterocycles. The molecular formula is C11H15NOS. The van der Waals surface area contributed by atoms with E-state index in [1.807, 2.05) is 30.3 Å². The summed E-state index contributed by atoms with van der Waals surface area (Å²) in [5.74, 6) is 0. The Bertz CT molecular complexity index is 274. The van der Waals surface area contributed by atoms with E-state index in [0.717, 1.165) is 17.9 Å². The van der Waals surface area contributed by atoms with E-state index in [1.165, 1.54) is 13.1 Å². The van der Waals surface area contributed by atoms with Crippen LogP contribution in [-0.2, 0) is 0 Å². The molecule has 1 N–H and O–H groups in total. The zero-order valence-corrected chi connectivity index (χ0v) is 8.91. The highest BCUT2D eigenvalue weighted by Crippen LogP contribution is 2.23. The van der Waals surface area contributed by atoms with E-state index in [9.17, 15) is 5.11 Å². The van der Waals surface area contributed by atoms with Crippen molar-refractivity contribution in [3.05, 3.63) is 30.3 Å². The molecule has 0 amide bonds. The second-order valence-electron chi connectivity index (χ2n) is 3.52. The second-order valence-corrected chi connectivity index (χ2v) is 4.77. The van der Waals surface area contributed by atoms with Crippen LogP contribution in [-0.4, -0.2) is 35.1 Å². The van der Waals surface area contributed by atoms with Crippen molar-refractivity contribution in [2.24, 2.45) is 0 Å². The van der Waals surface area contributed by atoms with Gasteiger partial charge in [0, 0.05) is 24.5 Å². The van der Waals surface area contributed by atoms with Crippen LogP contribution in [0.4, 0.5) is 0 Å². The Morgan fingerprint density at radius 2 is 2.00 bits per heavy atom. The summed E-state index contributed by atoms with van der Waals surface area (Å²) in [7, 11) is 0. The molecule has 0 saturated carbocycles. The number of aliphatic hydroxyl groups is 1. The molecule has 1 aliphatic rings. The van der Waals surface area contributed by atoms with Crippen molar-refractivity contribution in [1.29, 1.82) is 0 Å². The van der Waals surface area contributed by atoms with Crippen molar-refractivity contribution in [2.45, 2.75) is 16.8 Å². The molecule has 1 aromatic carbocycles. The molecular weight excluding hydrogens is 194 g/mol. The maximum atomic E-state index is 9.72. The molecule has 0 aromatic heterocycles. The van der Waals surface area contributed by atoms with E-state index >= 15 is 0 Å². The fourth-order valence-corrected chi connectivity index (χ4v) is 2.15. The quantitative estimate of drug-likeness (QED) is 0.454. The van der Waals surface area contributed by atoms with Crippen molar-refractivity contribution in [3.8, 4) is 0 Å². The Hall–Kier alpha value is -0.510. The monoisotopic (exact) mass is 209 g/mol. The second kappa shape index (κ2) is 4.82. The molecule has 76 valence electrons. The van der Waals surface area contributed by atoms with Crippen LogP contribution >= 0.6 is 11.8 Å². The van der Waals surface area contributed by atoms with Gasteiger partial charge in [0.25, 0.3) is 0 Å². The number of benzene rings is 1. The van der Waals surface area contributed by atoms with Crippen molar-refractivity contribution in [1.82, 2.24) is 4.90 Å². The lowest BCUT2D eigenvalue weighted by Gasteiger charge is -2.09. The minimum Gasteiger partial charge on any atom is -0.382 e. The van der Waals surface area contributed by atoms with Crippen molar-refractivity contribution < 1.29 is 5.11 Å². The number of rotatable bonds is 5. The van der Waals surface area contributed by atoms with Gasteiger partial charge in [-0.15, -0.1) is 0 Å². The van der Waals surface area contributed by atoms with E-state index in [2.05, 4.69) is 4.90 Å². The average Bonchev–Trinajstić information content (AvgIpc) is 3.00. The van der Waals surface area contributed by atoms with Crippen molar-refractivity contribution >= 4 is 11.8 Å². The summed E-state index contributed by atoms with van der Waals surface area (Å²) in [5.41, 5.74) is -0.266. The van der Waals surface area contributed by atoms with Crippen LogP contribution in [0.15, 0.2) is 35.2 Å². The highest BCUT2D eigenvalue weighted by Gasteiger charge is 2.18. The minimum atomic E-state index is -0.266. The fourth-order valence-electron chi connectivity index (χ4n) is 1.30. The molecule has 0 radical (unpaired) electrons. The third kappa shape index (κ3) is 3.33.